The summed E-state index contributed by atoms with van der Waals surface area (Å²) < 4.78 is 38.1. The van der Waals surface area contributed by atoms with Crippen molar-refractivity contribution in [2.45, 2.75) is 11.8 Å². The quantitative estimate of drug-likeness (QED) is 0.553. The van der Waals surface area contributed by atoms with E-state index in [0.717, 1.165) is 0 Å². The first kappa shape index (κ1) is 18.7. The van der Waals surface area contributed by atoms with Crippen LogP contribution in [0.3, 0.4) is 0 Å². The molecule has 2 aromatic rings. The Balaban J connectivity index is 1.84. The highest BCUT2D eigenvalue weighted by atomic mass is 32.2. The Morgan fingerprint density at radius 3 is 2.48 bits per heavy atom. The molecule has 0 aliphatic heterocycles. The number of benzene rings is 1. The van der Waals surface area contributed by atoms with Crippen LogP contribution in [-0.4, -0.2) is 39.2 Å². The molecule has 0 saturated carbocycles. The van der Waals surface area contributed by atoms with Crippen LogP contribution in [0.4, 0.5) is 0 Å². The third kappa shape index (κ3) is 5.44. The second-order valence-electron chi connectivity index (χ2n) is 4.79. The zero-order chi connectivity index (χ0) is 18.3. The first-order chi connectivity index (χ1) is 11.9. The molecule has 0 saturated heterocycles. The molecule has 134 valence electrons. The summed E-state index contributed by atoms with van der Waals surface area (Å²) in [5.41, 5.74) is 0.238. The number of carbonyl (C=O) groups excluding carboxylic acids is 1. The molecule has 0 fully saturated rings. The minimum atomic E-state index is -3.74. The molecule has 8 nitrogen and oxygen atoms in total. The highest BCUT2D eigenvalue weighted by Crippen LogP contribution is 2.16. The van der Waals surface area contributed by atoms with Gasteiger partial charge in [-0.2, -0.15) is 0 Å². The summed E-state index contributed by atoms with van der Waals surface area (Å²) >= 11 is 0. The van der Waals surface area contributed by atoms with E-state index in [1.807, 2.05) is 0 Å². The Morgan fingerprint density at radius 1 is 1.12 bits per heavy atom. The summed E-state index contributed by atoms with van der Waals surface area (Å²) in [5.74, 6) is 0.0825. The number of aromatic nitrogens is 1. The van der Waals surface area contributed by atoms with Crippen LogP contribution in [0.2, 0.25) is 0 Å². The van der Waals surface area contributed by atoms with Crippen LogP contribution in [0.5, 0.6) is 11.6 Å². The lowest BCUT2D eigenvalue weighted by Crippen LogP contribution is -2.14. The van der Waals surface area contributed by atoms with Crippen LogP contribution in [0.25, 0.3) is 0 Å². The van der Waals surface area contributed by atoms with Crippen molar-refractivity contribution in [3.63, 3.8) is 0 Å². The monoisotopic (exact) mass is 366 g/mol. The average Bonchev–Trinajstić information content (AvgIpc) is 2.59. The molecule has 0 aliphatic rings. The topological polar surface area (TPSA) is 118 Å². The molecule has 0 atom stereocenters. The minimum absolute atomic E-state index is 0.00805. The fourth-order valence-electron chi connectivity index (χ4n) is 1.90. The summed E-state index contributed by atoms with van der Waals surface area (Å²) in [4.78, 5) is 16.0. The van der Waals surface area contributed by atoms with Crippen molar-refractivity contribution in [3.05, 3.63) is 48.2 Å². The van der Waals surface area contributed by atoms with E-state index in [2.05, 4.69) is 4.98 Å². The van der Waals surface area contributed by atoms with Crippen LogP contribution in [0.15, 0.2) is 47.5 Å². The standard InChI is InChI=1S/C16H18N2O6S/c1-2-22-15-14(4-3-9-18-15)16(19)24-11-10-23-12-5-7-13(8-6-12)25(17,20)21/h3-9H,2,10-11H2,1H3,(H2,17,20,21). The number of nitrogens with zero attached hydrogens (tertiary/aromatic N) is 1. The van der Waals surface area contributed by atoms with Gasteiger partial charge in [0.1, 0.15) is 24.5 Å². The number of sulfonamides is 1. The number of esters is 1. The van der Waals surface area contributed by atoms with Gasteiger partial charge < -0.3 is 14.2 Å². The maximum absolute atomic E-state index is 12.0. The van der Waals surface area contributed by atoms with Crippen molar-refractivity contribution in [2.75, 3.05) is 19.8 Å². The zero-order valence-corrected chi connectivity index (χ0v) is 14.4. The molecular formula is C16H18N2O6S. The molecule has 1 aromatic carbocycles. The average molecular weight is 366 g/mol. The fraction of sp³-hybridized carbons (Fsp3) is 0.250. The molecule has 0 aliphatic carbocycles. The van der Waals surface area contributed by atoms with Gasteiger partial charge in [-0.05, 0) is 43.3 Å². The first-order valence-corrected chi connectivity index (χ1v) is 8.97. The predicted molar refractivity (Wildman–Crippen MR) is 89.0 cm³/mol. The fourth-order valence-corrected chi connectivity index (χ4v) is 2.41. The smallest absolute Gasteiger partial charge is 0.343 e. The van der Waals surface area contributed by atoms with Crippen molar-refractivity contribution >= 4 is 16.0 Å². The van der Waals surface area contributed by atoms with Gasteiger partial charge in [0.15, 0.2) is 0 Å². The van der Waals surface area contributed by atoms with Gasteiger partial charge in [-0.25, -0.2) is 23.3 Å². The lowest BCUT2D eigenvalue weighted by molar-refractivity contribution is 0.0445. The Morgan fingerprint density at radius 2 is 1.84 bits per heavy atom. The van der Waals surface area contributed by atoms with Gasteiger partial charge in [0.2, 0.25) is 15.9 Å². The number of pyridine rings is 1. The second kappa shape index (κ2) is 8.45. The number of primary sulfonamides is 1. The number of nitrogens with two attached hydrogens (primary N) is 1. The zero-order valence-electron chi connectivity index (χ0n) is 13.5. The number of rotatable bonds is 8. The largest absolute Gasteiger partial charge is 0.490 e. The van der Waals surface area contributed by atoms with Gasteiger partial charge in [0.05, 0.1) is 11.5 Å². The lowest BCUT2D eigenvalue weighted by Gasteiger charge is -2.10. The van der Waals surface area contributed by atoms with Gasteiger partial charge in [0, 0.05) is 6.20 Å². The van der Waals surface area contributed by atoms with E-state index in [0.29, 0.717) is 12.4 Å². The first-order valence-electron chi connectivity index (χ1n) is 7.42. The van der Waals surface area contributed by atoms with E-state index >= 15 is 0 Å². The molecule has 0 unspecified atom stereocenters. The van der Waals surface area contributed by atoms with Gasteiger partial charge in [-0.3, -0.25) is 0 Å². The van der Waals surface area contributed by atoms with E-state index in [1.54, 1.807) is 19.1 Å². The number of carbonyl (C=O) groups is 1. The van der Waals surface area contributed by atoms with Crippen LogP contribution >= 0.6 is 0 Å². The van der Waals surface area contributed by atoms with E-state index in [4.69, 9.17) is 19.3 Å². The molecule has 0 radical (unpaired) electrons. The molecule has 1 aromatic heterocycles. The van der Waals surface area contributed by atoms with E-state index in [-0.39, 0.29) is 29.6 Å². The number of hydrogen-bond donors (Lipinski definition) is 1. The Labute approximate surface area is 145 Å². The second-order valence-corrected chi connectivity index (χ2v) is 6.35. The normalized spacial score (nSPS) is 11.0. The number of hydrogen-bond acceptors (Lipinski definition) is 7. The Kier molecular flexibility index (Phi) is 6.31. The molecule has 25 heavy (non-hydrogen) atoms. The molecule has 0 spiro atoms. The van der Waals surface area contributed by atoms with Crippen LogP contribution < -0.4 is 14.6 Å². The molecule has 0 bridgehead atoms. The molecule has 2 rings (SSSR count). The van der Waals surface area contributed by atoms with E-state index < -0.39 is 16.0 Å². The predicted octanol–water partition coefficient (Wildman–Crippen LogP) is 1.36. The maximum atomic E-state index is 12.0. The summed E-state index contributed by atoms with van der Waals surface area (Å²) in [7, 11) is -3.74. The Hall–Kier alpha value is -2.65. The molecule has 0 amide bonds. The van der Waals surface area contributed by atoms with Gasteiger partial charge in [-0.1, -0.05) is 0 Å². The van der Waals surface area contributed by atoms with Crippen LogP contribution in [0.1, 0.15) is 17.3 Å². The van der Waals surface area contributed by atoms with Gasteiger partial charge in [0.25, 0.3) is 0 Å². The number of ether oxygens (including phenoxy) is 3. The molecule has 1 heterocycles. The third-order valence-electron chi connectivity index (χ3n) is 3.01. The van der Waals surface area contributed by atoms with E-state index in [9.17, 15) is 13.2 Å². The Bertz CT molecular complexity index is 821. The molecule has 2 N–H and O–H groups in total. The highest BCUT2D eigenvalue weighted by molar-refractivity contribution is 7.89. The summed E-state index contributed by atoms with van der Waals surface area (Å²) in [6.07, 6.45) is 1.52. The summed E-state index contributed by atoms with van der Waals surface area (Å²) in [6.45, 7) is 2.29. The summed E-state index contributed by atoms with van der Waals surface area (Å²) in [5, 5.41) is 5.01. The highest BCUT2D eigenvalue weighted by Gasteiger charge is 2.14. The molecule has 9 heteroatoms. The van der Waals surface area contributed by atoms with Crippen molar-refractivity contribution in [3.8, 4) is 11.6 Å². The van der Waals surface area contributed by atoms with Crippen molar-refractivity contribution < 1.29 is 27.4 Å². The SMILES string of the molecule is CCOc1ncccc1C(=O)OCCOc1ccc(S(N)(=O)=O)cc1. The van der Waals surface area contributed by atoms with Crippen LogP contribution in [0, 0.1) is 0 Å². The van der Waals surface area contributed by atoms with Crippen molar-refractivity contribution in [1.29, 1.82) is 0 Å². The lowest BCUT2D eigenvalue weighted by atomic mass is 10.3. The van der Waals surface area contributed by atoms with E-state index in [1.165, 1.54) is 30.5 Å². The van der Waals surface area contributed by atoms with Gasteiger partial charge in [-0.15, -0.1) is 0 Å². The van der Waals surface area contributed by atoms with Crippen molar-refractivity contribution in [2.24, 2.45) is 5.14 Å². The minimum Gasteiger partial charge on any atom is -0.490 e. The van der Waals surface area contributed by atoms with Gasteiger partial charge >= 0.3 is 5.97 Å². The molecular weight excluding hydrogens is 348 g/mol. The third-order valence-corrected chi connectivity index (χ3v) is 3.94. The maximum Gasteiger partial charge on any atom is 0.343 e. The van der Waals surface area contributed by atoms with Crippen molar-refractivity contribution in [1.82, 2.24) is 4.98 Å². The summed E-state index contributed by atoms with van der Waals surface area (Å²) in [6, 6.07) is 8.78. The van der Waals surface area contributed by atoms with Crippen LogP contribution in [-0.2, 0) is 14.8 Å².